The van der Waals surface area contributed by atoms with Crippen LogP contribution in [0.3, 0.4) is 0 Å². The highest BCUT2D eigenvalue weighted by atomic mass is 35.5. The molecule has 0 aromatic heterocycles. The van der Waals surface area contributed by atoms with E-state index in [9.17, 15) is 4.79 Å². The van der Waals surface area contributed by atoms with Crippen LogP contribution in [0.1, 0.15) is 13.3 Å². The van der Waals surface area contributed by atoms with Crippen LogP contribution in [0.5, 0.6) is 0 Å². The second-order valence-electron chi connectivity index (χ2n) is 5.27. The van der Waals surface area contributed by atoms with Crippen molar-refractivity contribution in [2.75, 3.05) is 25.0 Å². The Morgan fingerprint density at radius 3 is 2.90 bits per heavy atom. The zero-order valence-corrected chi connectivity index (χ0v) is 12.9. The van der Waals surface area contributed by atoms with Crippen LogP contribution in [0, 0.1) is 5.92 Å². The molecule has 1 saturated heterocycles. The maximum absolute atomic E-state index is 12.1. The van der Waals surface area contributed by atoms with Gasteiger partial charge >= 0.3 is 0 Å². The van der Waals surface area contributed by atoms with Gasteiger partial charge in [0.05, 0.1) is 22.3 Å². The van der Waals surface area contributed by atoms with Crippen LogP contribution in [0.15, 0.2) is 18.2 Å². The summed E-state index contributed by atoms with van der Waals surface area (Å²) in [6, 6.07) is 5.56. The molecule has 3 N–H and O–H groups in total. The Balaban J connectivity index is 1.94. The predicted molar refractivity (Wildman–Crippen MR) is 83.3 cm³/mol. The van der Waals surface area contributed by atoms with E-state index >= 15 is 0 Å². The Morgan fingerprint density at radius 1 is 1.50 bits per heavy atom. The minimum absolute atomic E-state index is 0.0845. The van der Waals surface area contributed by atoms with Crippen LogP contribution in [0.25, 0.3) is 0 Å². The minimum atomic E-state index is -0.0845. The lowest BCUT2D eigenvalue weighted by atomic mass is 10.1. The lowest BCUT2D eigenvalue weighted by Gasteiger charge is -2.20. The van der Waals surface area contributed by atoms with Gasteiger partial charge in [-0.1, -0.05) is 29.3 Å². The lowest BCUT2D eigenvalue weighted by Crippen LogP contribution is -2.36. The Kier molecular flexibility index (Phi) is 5.27. The number of nitrogens with zero attached hydrogens (tertiary/aromatic N) is 1. The molecular weight excluding hydrogens is 297 g/mol. The number of benzene rings is 1. The third-order valence-electron chi connectivity index (χ3n) is 3.70. The fourth-order valence-corrected chi connectivity index (χ4v) is 2.93. The molecule has 110 valence electrons. The van der Waals surface area contributed by atoms with E-state index in [1.54, 1.807) is 18.2 Å². The van der Waals surface area contributed by atoms with Crippen molar-refractivity contribution in [3.05, 3.63) is 28.2 Å². The van der Waals surface area contributed by atoms with Gasteiger partial charge in [0.25, 0.3) is 0 Å². The molecule has 0 bridgehead atoms. The first-order valence-corrected chi connectivity index (χ1v) is 7.44. The molecule has 2 atom stereocenters. The fraction of sp³-hybridized carbons (Fsp3) is 0.500. The Morgan fingerprint density at radius 2 is 2.25 bits per heavy atom. The van der Waals surface area contributed by atoms with Crippen LogP contribution in [-0.4, -0.2) is 36.5 Å². The average molecular weight is 316 g/mol. The number of hydrogen-bond acceptors (Lipinski definition) is 3. The van der Waals surface area contributed by atoms with Crippen LogP contribution in [0.2, 0.25) is 10.0 Å². The molecule has 2 unspecified atom stereocenters. The highest BCUT2D eigenvalue weighted by Gasteiger charge is 2.29. The van der Waals surface area contributed by atoms with Gasteiger partial charge in [0.15, 0.2) is 0 Å². The van der Waals surface area contributed by atoms with Gasteiger partial charge in [0.2, 0.25) is 5.91 Å². The van der Waals surface area contributed by atoms with Crippen molar-refractivity contribution < 1.29 is 4.79 Å². The first-order chi connectivity index (χ1) is 9.51. The molecule has 2 rings (SSSR count). The smallest absolute Gasteiger partial charge is 0.238 e. The predicted octanol–water partition coefficient (Wildman–Crippen LogP) is 2.60. The molecule has 1 aliphatic heterocycles. The van der Waals surface area contributed by atoms with Crippen LogP contribution >= 0.6 is 23.2 Å². The van der Waals surface area contributed by atoms with E-state index < -0.39 is 0 Å². The molecule has 0 aliphatic carbocycles. The van der Waals surface area contributed by atoms with E-state index in [0.29, 0.717) is 40.8 Å². The maximum Gasteiger partial charge on any atom is 0.238 e. The number of nitrogens with one attached hydrogen (secondary N) is 1. The molecule has 1 amide bonds. The zero-order valence-electron chi connectivity index (χ0n) is 11.4. The Bertz CT molecular complexity index is 495. The van der Waals surface area contributed by atoms with E-state index in [-0.39, 0.29) is 5.91 Å². The van der Waals surface area contributed by atoms with Crippen molar-refractivity contribution in [2.45, 2.75) is 19.4 Å². The monoisotopic (exact) mass is 315 g/mol. The summed E-state index contributed by atoms with van der Waals surface area (Å²) in [5, 5.41) is 3.61. The molecule has 20 heavy (non-hydrogen) atoms. The van der Waals surface area contributed by atoms with Crippen LogP contribution in [-0.2, 0) is 4.79 Å². The van der Waals surface area contributed by atoms with Gasteiger partial charge in [-0.05, 0) is 37.9 Å². The lowest BCUT2D eigenvalue weighted by molar-refractivity contribution is -0.117. The highest BCUT2D eigenvalue weighted by molar-refractivity contribution is 6.43. The number of carbonyl (C=O) groups is 1. The molecule has 1 aromatic carbocycles. The quantitative estimate of drug-likeness (QED) is 0.898. The number of amides is 1. The molecule has 4 nitrogen and oxygen atoms in total. The number of carbonyl (C=O) groups excluding carboxylic acids is 1. The van der Waals surface area contributed by atoms with E-state index in [1.165, 1.54) is 0 Å². The SMILES string of the molecule is CC1CC(CN)CN1CC(=O)Nc1cccc(Cl)c1Cl. The van der Waals surface area contributed by atoms with Gasteiger partial charge in [-0.15, -0.1) is 0 Å². The van der Waals surface area contributed by atoms with Crippen molar-refractivity contribution in [2.24, 2.45) is 11.7 Å². The second kappa shape index (κ2) is 6.76. The first-order valence-electron chi connectivity index (χ1n) is 6.69. The number of hydrogen-bond donors (Lipinski definition) is 2. The van der Waals surface area contributed by atoms with Gasteiger partial charge in [-0.2, -0.15) is 0 Å². The largest absolute Gasteiger partial charge is 0.330 e. The molecule has 1 heterocycles. The van der Waals surface area contributed by atoms with Crippen molar-refractivity contribution in [3.63, 3.8) is 0 Å². The zero-order chi connectivity index (χ0) is 14.7. The van der Waals surface area contributed by atoms with Gasteiger partial charge in [0, 0.05) is 12.6 Å². The standard InChI is InChI=1S/C14H19Cl2N3O/c1-9-5-10(6-17)7-19(9)8-13(20)18-12-4-2-3-11(15)14(12)16/h2-4,9-10H,5-8,17H2,1H3,(H,18,20). The minimum Gasteiger partial charge on any atom is -0.330 e. The topological polar surface area (TPSA) is 58.4 Å². The number of rotatable bonds is 4. The molecule has 0 radical (unpaired) electrons. The number of anilines is 1. The summed E-state index contributed by atoms with van der Waals surface area (Å²) < 4.78 is 0. The van der Waals surface area contributed by atoms with Gasteiger partial charge in [-0.25, -0.2) is 0 Å². The van der Waals surface area contributed by atoms with Gasteiger partial charge < -0.3 is 11.1 Å². The van der Waals surface area contributed by atoms with Crippen molar-refractivity contribution in [3.8, 4) is 0 Å². The van der Waals surface area contributed by atoms with Crippen LogP contribution < -0.4 is 11.1 Å². The van der Waals surface area contributed by atoms with E-state index in [0.717, 1.165) is 13.0 Å². The Labute approximate surface area is 129 Å². The number of halogens is 2. The van der Waals surface area contributed by atoms with E-state index in [1.807, 2.05) is 0 Å². The van der Waals surface area contributed by atoms with Crippen molar-refractivity contribution >= 4 is 34.8 Å². The summed E-state index contributed by atoms with van der Waals surface area (Å²) in [7, 11) is 0. The first kappa shape index (κ1) is 15.6. The van der Waals surface area contributed by atoms with Crippen molar-refractivity contribution in [1.82, 2.24) is 4.90 Å². The molecule has 1 aromatic rings. The summed E-state index contributed by atoms with van der Waals surface area (Å²) in [5.41, 5.74) is 6.24. The Hall–Kier alpha value is -0.810. The second-order valence-corrected chi connectivity index (χ2v) is 6.05. The molecular formula is C14H19Cl2N3O. The summed E-state index contributed by atoms with van der Waals surface area (Å²) >= 11 is 12.0. The maximum atomic E-state index is 12.1. The number of likely N-dealkylation sites (tertiary alicyclic amines) is 1. The van der Waals surface area contributed by atoms with E-state index in [2.05, 4.69) is 17.1 Å². The van der Waals surface area contributed by atoms with Gasteiger partial charge in [0.1, 0.15) is 0 Å². The molecule has 1 fully saturated rings. The normalized spacial score (nSPS) is 23.0. The molecule has 0 saturated carbocycles. The third kappa shape index (κ3) is 3.64. The summed E-state index contributed by atoms with van der Waals surface area (Å²) in [6.45, 7) is 4.01. The number of nitrogens with two attached hydrogens (primary N) is 1. The molecule has 1 aliphatic rings. The van der Waals surface area contributed by atoms with Gasteiger partial charge in [-0.3, -0.25) is 9.69 Å². The van der Waals surface area contributed by atoms with E-state index in [4.69, 9.17) is 28.9 Å². The van der Waals surface area contributed by atoms with Crippen LogP contribution in [0.4, 0.5) is 5.69 Å². The summed E-state index contributed by atoms with van der Waals surface area (Å²) in [6.07, 6.45) is 1.04. The average Bonchev–Trinajstić information content (AvgIpc) is 2.76. The summed E-state index contributed by atoms with van der Waals surface area (Å²) in [4.78, 5) is 14.2. The molecule has 0 spiro atoms. The fourth-order valence-electron chi connectivity index (χ4n) is 2.58. The highest BCUT2D eigenvalue weighted by Crippen LogP contribution is 2.29. The summed E-state index contributed by atoms with van der Waals surface area (Å²) in [5.74, 6) is 0.395. The molecule has 6 heteroatoms. The van der Waals surface area contributed by atoms with Crippen molar-refractivity contribution in [1.29, 1.82) is 0 Å². The third-order valence-corrected chi connectivity index (χ3v) is 4.52.